The normalized spacial score (nSPS) is 18.3. The number of hydrogen-bond donors (Lipinski definition) is 0. The molecular formula is C22H27Cl3N2O5. The number of benzene rings is 1. The van der Waals surface area contributed by atoms with Gasteiger partial charge in [0.2, 0.25) is 9.70 Å². The predicted molar refractivity (Wildman–Crippen MR) is 124 cm³/mol. The average Bonchev–Trinajstić information content (AvgIpc) is 2.74. The molecule has 2 rings (SSSR count). The second-order valence-corrected chi connectivity index (χ2v) is 10.2. The highest BCUT2D eigenvalue weighted by Gasteiger charge is 2.38. The summed E-state index contributed by atoms with van der Waals surface area (Å²) in [6.07, 6.45) is 0.580. The molecule has 0 aliphatic carbocycles. The number of nitrogens with zero attached hydrogens (tertiary/aromatic N) is 2. The molecule has 1 heterocycles. The van der Waals surface area contributed by atoms with Crippen LogP contribution >= 0.6 is 34.8 Å². The molecule has 176 valence electrons. The molecule has 2 amide bonds. The molecule has 0 N–H and O–H groups in total. The van der Waals surface area contributed by atoms with E-state index in [1.807, 2.05) is 43.3 Å². The summed E-state index contributed by atoms with van der Waals surface area (Å²) < 4.78 is 9.20. The fraction of sp³-hybridized carbons (Fsp3) is 0.500. The van der Waals surface area contributed by atoms with E-state index >= 15 is 0 Å². The molecule has 0 saturated carbocycles. The molecule has 32 heavy (non-hydrogen) atoms. The van der Waals surface area contributed by atoms with Gasteiger partial charge in [0, 0.05) is 20.5 Å². The summed E-state index contributed by atoms with van der Waals surface area (Å²) >= 11 is 17.0. The third-order valence-corrected chi connectivity index (χ3v) is 5.64. The largest absolute Gasteiger partial charge is 0.454 e. The van der Waals surface area contributed by atoms with Gasteiger partial charge in [0.05, 0.1) is 6.04 Å². The monoisotopic (exact) mass is 504 g/mol. The molecule has 0 radical (unpaired) electrons. The minimum absolute atomic E-state index is 0.156. The molecule has 1 unspecified atom stereocenters. The van der Waals surface area contributed by atoms with Crippen molar-refractivity contribution in [3.63, 3.8) is 0 Å². The van der Waals surface area contributed by atoms with Gasteiger partial charge >= 0.3 is 12.1 Å². The maximum atomic E-state index is 13.3. The van der Waals surface area contributed by atoms with Crippen LogP contribution in [-0.2, 0) is 19.1 Å². The van der Waals surface area contributed by atoms with Gasteiger partial charge in [-0.25, -0.2) is 9.59 Å². The first-order chi connectivity index (χ1) is 14.9. The van der Waals surface area contributed by atoms with Crippen LogP contribution in [0.2, 0.25) is 0 Å². The molecule has 1 aliphatic heterocycles. The molecule has 0 aromatic heterocycles. The fourth-order valence-corrected chi connectivity index (χ4v) is 3.46. The highest BCUT2D eigenvalue weighted by molar-refractivity contribution is 6.67. The van der Waals surface area contributed by atoms with Crippen LogP contribution in [0.5, 0.6) is 0 Å². The molecule has 1 aromatic carbocycles. The van der Waals surface area contributed by atoms with Gasteiger partial charge in [-0.05, 0) is 25.8 Å². The Kier molecular flexibility index (Phi) is 9.25. The SMILES string of the molecule is CC(=O)N(C)C(C)[C@H](OC(=O)[C@@H]1CC(C)=CCN1C(=O)OCC(Cl)(Cl)Cl)c1ccccc1. The molecule has 1 aromatic rings. The van der Waals surface area contributed by atoms with Crippen LogP contribution in [0.4, 0.5) is 4.79 Å². The Morgan fingerprint density at radius 1 is 1.22 bits per heavy atom. The Morgan fingerprint density at radius 3 is 2.41 bits per heavy atom. The van der Waals surface area contributed by atoms with Gasteiger partial charge in [0.25, 0.3) is 0 Å². The Bertz CT molecular complexity index is 857. The van der Waals surface area contributed by atoms with Crippen LogP contribution in [0, 0.1) is 0 Å². The van der Waals surface area contributed by atoms with E-state index in [4.69, 9.17) is 44.3 Å². The second kappa shape index (κ2) is 11.3. The van der Waals surface area contributed by atoms with Gasteiger partial charge in [-0.1, -0.05) is 76.8 Å². The van der Waals surface area contributed by atoms with E-state index in [1.54, 1.807) is 14.0 Å². The number of likely N-dealkylation sites (N-methyl/N-ethyl adjacent to an activating group) is 1. The lowest BCUT2D eigenvalue weighted by Crippen LogP contribution is -2.50. The molecule has 0 saturated heterocycles. The van der Waals surface area contributed by atoms with Gasteiger partial charge < -0.3 is 14.4 Å². The maximum Gasteiger partial charge on any atom is 0.410 e. The summed E-state index contributed by atoms with van der Waals surface area (Å²) in [6.45, 7) is 4.81. The zero-order chi connectivity index (χ0) is 24.1. The van der Waals surface area contributed by atoms with E-state index in [0.717, 1.165) is 11.1 Å². The van der Waals surface area contributed by atoms with Crippen molar-refractivity contribution in [2.24, 2.45) is 0 Å². The number of ether oxygens (including phenoxy) is 2. The smallest absolute Gasteiger partial charge is 0.410 e. The second-order valence-electron chi connectivity index (χ2n) is 7.73. The van der Waals surface area contributed by atoms with Crippen LogP contribution < -0.4 is 0 Å². The van der Waals surface area contributed by atoms with Gasteiger partial charge in [-0.3, -0.25) is 9.69 Å². The lowest BCUT2D eigenvalue weighted by molar-refractivity contribution is -0.160. The summed E-state index contributed by atoms with van der Waals surface area (Å²) in [4.78, 5) is 40.5. The molecule has 3 atom stereocenters. The van der Waals surface area contributed by atoms with Crippen LogP contribution in [0.15, 0.2) is 42.0 Å². The van der Waals surface area contributed by atoms with Gasteiger partial charge in [-0.2, -0.15) is 0 Å². The van der Waals surface area contributed by atoms with Crippen molar-refractivity contribution in [2.45, 2.75) is 49.2 Å². The number of hydrogen-bond acceptors (Lipinski definition) is 5. The van der Waals surface area contributed by atoms with Crippen molar-refractivity contribution in [3.8, 4) is 0 Å². The van der Waals surface area contributed by atoms with Crippen molar-refractivity contribution in [1.82, 2.24) is 9.80 Å². The van der Waals surface area contributed by atoms with Crippen LogP contribution in [0.25, 0.3) is 0 Å². The fourth-order valence-electron chi connectivity index (χ4n) is 3.30. The van der Waals surface area contributed by atoms with E-state index in [-0.39, 0.29) is 18.9 Å². The van der Waals surface area contributed by atoms with Crippen molar-refractivity contribution < 1.29 is 23.9 Å². The Morgan fingerprint density at radius 2 is 1.84 bits per heavy atom. The number of amides is 2. The Balaban J connectivity index is 2.26. The van der Waals surface area contributed by atoms with Gasteiger partial charge in [0.15, 0.2) is 0 Å². The zero-order valence-electron chi connectivity index (χ0n) is 18.4. The highest BCUT2D eigenvalue weighted by atomic mass is 35.6. The molecule has 0 bridgehead atoms. The van der Waals surface area contributed by atoms with E-state index < -0.39 is 40.6 Å². The van der Waals surface area contributed by atoms with E-state index in [2.05, 4.69) is 0 Å². The number of carbonyl (C=O) groups is 3. The standard InChI is InChI=1S/C22H27Cl3N2O5/c1-14-10-11-27(21(30)31-13-22(23,24)25)18(12-14)20(29)32-19(15(2)26(4)16(3)28)17-8-6-5-7-9-17/h5-10,15,18-19H,11-13H2,1-4H3/t15?,18-,19-/m0/s1. The van der Waals surface area contributed by atoms with Crippen molar-refractivity contribution >= 4 is 52.8 Å². The Hall–Kier alpha value is -1.96. The lowest BCUT2D eigenvalue weighted by atomic mass is 10.00. The van der Waals surface area contributed by atoms with Crippen LogP contribution in [-0.4, -0.2) is 63.8 Å². The summed E-state index contributed by atoms with van der Waals surface area (Å²) in [5.41, 5.74) is 1.66. The first-order valence-corrected chi connectivity index (χ1v) is 11.2. The van der Waals surface area contributed by atoms with Gasteiger partial charge in [0.1, 0.15) is 18.8 Å². The molecule has 10 heteroatoms. The maximum absolute atomic E-state index is 13.3. The third-order valence-electron chi connectivity index (χ3n) is 5.31. The first-order valence-electron chi connectivity index (χ1n) is 10.0. The molecule has 7 nitrogen and oxygen atoms in total. The van der Waals surface area contributed by atoms with Crippen LogP contribution in [0.1, 0.15) is 38.9 Å². The van der Waals surface area contributed by atoms with Crippen molar-refractivity contribution in [2.75, 3.05) is 20.2 Å². The van der Waals surface area contributed by atoms with Gasteiger partial charge in [-0.15, -0.1) is 0 Å². The molecule has 1 aliphatic rings. The molecule has 0 fully saturated rings. The van der Waals surface area contributed by atoms with E-state index in [9.17, 15) is 14.4 Å². The number of alkyl halides is 3. The van der Waals surface area contributed by atoms with E-state index in [0.29, 0.717) is 0 Å². The average molecular weight is 506 g/mol. The third kappa shape index (κ3) is 7.29. The summed E-state index contributed by atoms with van der Waals surface area (Å²) in [5.74, 6) is -0.774. The highest BCUT2D eigenvalue weighted by Crippen LogP contribution is 2.29. The predicted octanol–water partition coefficient (Wildman–Crippen LogP) is 4.67. The molecular weight excluding hydrogens is 479 g/mol. The number of esters is 1. The summed E-state index contributed by atoms with van der Waals surface area (Å²) in [5, 5.41) is 0. The zero-order valence-corrected chi connectivity index (χ0v) is 20.7. The molecule has 0 spiro atoms. The first kappa shape index (κ1) is 26.3. The van der Waals surface area contributed by atoms with Crippen LogP contribution in [0.3, 0.4) is 0 Å². The summed E-state index contributed by atoms with van der Waals surface area (Å²) in [6, 6.07) is 7.78. The minimum atomic E-state index is -1.77. The lowest BCUT2D eigenvalue weighted by Gasteiger charge is -2.36. The minimum Gasteiger partial charge on any atom is -0.454 e. The number of carbonyl (C=O) groups excluding carboxylic acids is 3. The quantitative estimate of drug-likeness (QED) is 0.319. The topological polar surface area (TPSA) is 76.2 Å². The summed E-state index contributed by atoms with van der Waals surface area (Å²) in [7, 11) is 1.64. The number of rotatable bonds is 6. The van der Waals surface area contributed by atoms with E-state index in [1.165, 1.54) is 16.7 Å². The number of halogens is 3. The van der Waals surface area contributed by atoms with Crippen molar-refractivity contribution in [3.05, 3.63) is 47.5 Å². The Labute approximate surface area is 203 Å². The van der Waals surface area contributed by atoms with Crippen molar-refractivity contribution in [1.29, 1.82) is 0 Å².